The van der Waals surface area contributed by atoms with Crippen molar-refractivity contribution in [2.24, 2.45) is 5.41 Å². The summed E-state index contributed by atoms with van der Waals surface area (Å²) >= 11 is 0. The summed E-state index contributed by atoms with van der Waals surface area (Å²) in [6.07, 6.45) is 0.523. The van der Waals surface area contributed by atoms with E-state index in [0.717, 1.165) is 37.7 Å². The van der Waals surface area contributed by atoms with Crippen molar-refractivity contribution in [1.29, 1.82) is 0 Å². The minimum atomic E-state index is 0.00586. The zero-order valence-electron chi connectivity index (χ0n) is 12.6. The lowest BCUT2D eigenvalue weighted by Crippen LogP contribution is -2.36. The quantitative estimate of drug-likeness (QED) is 0.923. The summed E-state index contributed by atoms with van der Waals surface area (Å²) in [7, 11) is 0. The molecular formula is C16H24N2O2. The highest BCUT2D eigenvalue weighted by molar-refractivity contribution is 5.91. The van der Waals surface area contributed by atoms with Gasteiger partial charge in [-0.1, -0.05) is 26.8 Å². The lowest BCUT2D eigenvalue weighted by molar-refractivity contribution is -0.117. The summed E-state index contributed by atoms with van der Waals surface area (Å²) in [5.74, 6) is 0.0663. The Bertz CT molecular complexity index is 460. The minimum Gasteiger partial charge on any atom is -0.378 e. The number of nitrogens with zero attached hydrogens (tertiary/aromatic N) is 1. The third-order valence-electron chi connectivity index (χ3n) is 3.20. The van der Waals surface area contributed by atoms with Crippen molar-refractivity contribution >= 4 is 17.3 Å². The Kier molecular flexibility index (Phi) is 4.65. The number of anilines is 2. The monoisotopic (exact) mass is 276 g/mol. The van der Waals surface area contributed by atoms with E-state index in [-0.39, 0.29) is 11.3 Å². The van der Waals surface area contributed by atoms with Crippen LogP contribution < -0.4 is 10.2 Å². The molecule has 1 aliphatic heterocycles. The fraction of sp³-hybridized carbons (Fsp3) is 0.562. The van der Waals surface area contributed by atoms with Gasteiger partial charge in [0.2, 0.25) is 5.91 Å². The van der Waals surface area contributed by atoms with E-state index in [0.29, 0.717) is 6.42 Å². The molecule has 1 aliphatic rings. The van der Waals surface area contributed by atoms with Crippen LogP contribution in [0.1, 0.15) is 27.2 Å². The van der Waals surface area contributed by atoms with Gasteiger partial charge in [0, 0.05) is 30.9 Å². The number of nitrogens with one attached hydrogen (secondary N) is 1. The lowest BCUT2D eigenvalue weighted by atomic mass is 9.92. The van der Waals surface area contributed by atoms with Gasteiger partial charge in [0.1, 0.15) is 0 Å². The van der Waals surface area contributed by atoms with E-state index < -0.39 is 0 Å². The maximum absolute atomic E-state index is 12.0. The average Bonchev–Trinajstić information content (AvgIpc) is 2.38. The fourth-order valence-electron chi connectivity index (χ4n) is 2.29. The Hall–Kier alpha value is -1.55. The molecule has 0 spiro atoms. The summed E-state index contributed by atoms with van der Waals surface area (Å²) in [5.41, 5.74) is 2.01. The Morgan fingerprint density at radius 1 is 1.30 bits per heavy atom. The van der Waals surface area contributed by atoms with E-state index in [1.165, 1.54) is 0 Å². The van der Waals surface area contributed by atoms with E-state index in [1.54, 1.807) is 0 Å². The van der Waals surface area contributed by atoms with Crippen LogP contribution in [0.5, 0.6) is 0 Å². The largest absolute Gasteiger partial charge is 0.378 e. The maximum Gasteiger partial charge on any atom is 0.224 e. The van der Waals surface area contributed by atoms with Crippen LogP contribution in [0, 0.1) is 5.41 Å². The molecule has 1 heterocycles. The highest BCUT2D eigenvalue weighted by Gasteiger charge is 2.16. The molecule has 1 aromatic rings. The van der Waals surface area contributed by atoms with Crippen LogP contribution in [-0.4, -0.2) is 32.2 Å². The number of morpholine rings is 1. The number of ether oxygens (including phenoxy) is 1. The second-order valence-corrected chi connectivity index (χ2v) is 6.44. The Morgan fingerprint density at radius 2 is 2.00 bits per heavy atom. The number of benzene rings is 1. The van der Waals surface area contributed by atoms with E-state index >= 15 is 0 Å². The van der Waals surface area contributed by atoms with Crippen LogP contribution >= 0.6 is 0 Å². The van der Waals surface area contributed by atoms with Crippen molar-refractivity contribution in [2.75, 3.05) is 36.5 Å². The standard InChI is InChI=1S/C16H24N2O2/c1-16(2,3)12-15(19)17-13-5-4-6-14(11-13)18-7-9-20-10-8-18/h4-6,11H,7-10,12H2,1-3H3,(H,17,19). The Balaban J connectivity index is 2.00. The van der Waals surface area contributed by atoms with Crippen molar-refractivity contribution in [2.45, 2.75) is 27.2 Å². The molecule has 2 rings (SSSR count). The molecule has 110 valence electrons. The van der Waals surface area contributed by atoms with Crippen LogP contribution in [0.15, 0.2) is 24.3 Å². The van der Waals surface area contributed by atoms with Crippen molar-refractivity contribution in [3.63, 3.8) is 0 Å². The predicted molar refractivity (Wildman–Crippen MR) is 82.2 cm³/mol. The molecule has 0 radical (unpaired) electrons. The molecule has 0 bridgehead atoms. The van der Waals surface area contributed by atoms with Crippen molar-refractivity contribution < 1.29 is 9.53 Å². The maximum atomic E-state index is 12.0. The smallest absolute Gasteiger partial charge is 0.224 e. The van der Waals surface area contributed by atoms with Gasteiger partial charge in [-0.05, 0) is 23.6 Å². The van der Waals surface area contributed by atoms with Crippen LogP contribution in [0.2, 0.25) is 0 Å². The van der Waals surface area contributed by atoms with E-state index in [4.69, 9.17) is 4.74 Å². The van der Waals surface area contributed by atoms with Gasteiger partial charge in [-0.25, -0.2) is 0 Å². The first-order valence-electron chi connectivity index (χ1n) is 7.17. The molecule has 1 aromatic carbocycles. The lowest BCUT2D eigenvalue weighted by Gasteiger charge is -2.29. The van der Waals surface area contributed by atoms with Crippen LogP contribution in [-0.2, 0) is 9.53 Å². The third-order valence-corrected chi connectivity index (χ3v) is 3.20. The highest BCUT2D eigenvalue weighted by Crippen LogP contribution is 2.23. The van der Waals surface area contributed by atoms with Gasteiger partial charge in [0.25, 0.3) is 0 Å². The molecule has 0 saturated carbocycles. The summed E-state index contributed by atoms with van der Waals surface area (Å²) in [5, 5.41) is 2.98. The predicted octanol–water partition coefficient (Wildman–Crippen LogP) is 2.90. The molecule has 0 unspecified atom stereocenters. The van der Waals surface area contributed by atoms with Gasteiger partial charge in [-0.15, -0.1) is 0 Å². The van der Waals surface area contributed by atoms with Gasteiger partial charge in [-0.3, -0.25) is 4.79 Å². The van der Waals surface area contributed by atoms with Gasteiger partial charge in [0.15, 0.2) is 0 Å². The zero-order chi connectivity index (χ0) is 14.6. The van der Waals surface area contributed by atoms with Crippen LogP contribution in [0.3, 0.4) is 0 Å². The number of hydrogen-bond donors (Lipinski definition) is 1. The molecule has 0 atom stereocenters. The van der Waals surface area contributed by atoms with Gasteiger partial charge >= 0.3 is 0 Å². The second-order valence-electron chi connectivity index (χ2n) is 6.44. The number of amides is 1. The van der Waals surface area contributed by atoms with Gasteiger partial charge < -0.3 is 15.0 Å². The molecule has 1 N–H and O–H groups in total. The average molecular weight is 276 g/mol. The summed E-state index contributed by atoms with van der Waals surface area (Å²) in [6.45, 7) is 9.53. The molecule has 4 nitrogen and oxygen atoms in total. The van der Waals surface area contributed by atoms with Crippen molar-refractivity contribution in [1.82, 2.24) is 0 Å². The van der Waals surface area contributed by atoms with E-state index in [2.05, 4.69) is 37.1 Å². The van der Waals surface area contributed by atoms with Gasteiger partial charge in [-0.2, -0.15) is 0 Å². The third kappa shape index (κ3) is 4.53. The van der Waals surface area contributed by atoms with Crippen LogP contribution in [0.4, 0.5) is 11.4 Å². The van der Waals surface area contributed by atoms with Crippen molar-refractivity contribution in [3.8, 4) is 0 Å². The molecular weight excluding hydrogens is 252 g/mol. The first-order valence-corrected chi connectivity index (χ1v) is 7.17. The molecule has 0 aromatic heterocycles. The first kappa shape index (κ1) is 14.9. The zero-order valence-corrected chi connectivity index (χ0v) is 12.6. The SMILES string of the molecule is CC(C)(C)CC(=O)Nc1cccc(N2CCOCC2)c1. The van der Waals surface area contributed by atoms with Gasteiger partial charge in [0.05, 0.1) is 13.2 Å². The second kappa shape index (κ2) is 6.27. The molecule has 4 heteroatoms. The van der Waals surface area contributed by atoms with Crippen LogP contribution in [0.25, 0.3) is 0 Å². The molecule has 20 heavy (non-hydrogen) atoms. The molecule has 1 fully saturated rings. The number of carbonyl (C=O) groups is 1. The summed E-state index contributed by atoms with van der Waals surface area (Å²) < 4.78 is 5.36. The number of rotatable bonds is 3. The van der Waals surface area contributed by atoms with Crippen molar-refractivity contribution in [3.05, 3.63) is 24.3 Å². The topological polar surface area (TPSA) is 41.6 Å². The fourth-order valence-corrected chi connectivity index (χ4v) is 2.29. The highest BCUT2D eigenvalue weighted by atomic mass is 16.5. The number of hydrogen-bond acceptors (Lipinski definition) is 3. The Morgan fingerprint density at radius 3 is 2.65 bits per heavy atom. The normalized spacial score (nSPS) is 16.1. The first-order chi connectivity index (χ1) is 9.44. The Labute approximate surface area is 121 Å². The summed E-state index contributed by atoms with van der Waals surface area (Å²) in [4.78, 5) is 14.3. The summed E-state index contributed by atoms with van der Waals surface area (Å²) in [6, 6.07) is 8.03. The number of carbonyl (C=O) groups excluding carboxylic acids is 1. The molecule has 1 saturated heterocycles. The molecule has 1 amide bonds. The van der Waals surface area contributed by atoms with E-state index in [9.17, 15) is 4.79 Å². The van der Waals surface area contributed by atoms with E-state index in [1.807, 2.05) is 18.2 Å². The minimum absolute atomic E-state index is 0.00586. The molecule has 0 aliphatic carbocycles.